The lowest BCUT2D eigenvalue weighted by Gasteiger charge is -2.32. The number of hydrogen-bond acceptors (Lipinski definition) is 7. The maximum Gasteiger partial charge on any atom is 0.251 e. The fraction of sp³-hybridized carbons (Fsp3) is 0.471. The van der Waals surface area contributed by atoms with Gasteiger partial charge in [0.1, 0.15) is 24.2 Å². The summed E-state index contributed by atoms with van der Waals surface area (Å²) in [4.78, 5) is 82.8. The summed E-state index contributed by atoms with van der Waals surface area (Å²) >= 11 is 7.48. The molecule has 2 aromatic carbocycles. The average molecular weight is 699 g/mol. The molecular formula is C34H43ClN6O6S. The number of thioether (sulfide) groups is 1. The number of carbonyl (C=O) groups excluding carboxylic acids is 6. The number of nitrogens with one attached hydrogen (secondary N) is 5. The minimum atomic E-state index is -1.04. The number of benzene rings is 2. The molecule has 12 nitrogen and oxygen atoms in total. The Morgan fingerprint density at radius 1 is 0.938 bits per heavy atom. The van der Waals surface area contributed by atoms with Gasteiger partial charge in [0.15, 0.2) is 0 Å². The van der Waals surface area contributed by atoms with Crippen LogP contribution >= 0.6 is 23.4 Å². The molecule has 48 heavy (non-hydrogen) atoms. The molecule has 2 aromatic rings. The molecular weight excluding hydrogens is 656 g/mol. The van der Waals surface area contributed by atoms with E-state index in [9.17, 15) is 28.8 Å². The third-order valence-corrected chi connectivity index (χ3v) is 9.38. The first-order valence-corrected chi connectivity index (χ1v) is 17.8. The minimum absolute atomic E-state index is 0.00135. The van der Waals surface area contributed by atoms with Crippen LogP contribution in [0.4, 0.5) is 0 Å². The van der Waals surface area contributed by atoms with Gasteiger partial charge in [0.2, 0.25) is 29.5 Å². The van der Waals surface area contributed by atoms with Gasteiger partial charge in [-0.25, -0.2) is 0 Å². The van der Waals surface area contributed by atoms with Crippen molar-refractivity contribution < 1.29 is 28.8 Å². The number of amides is 6. The number of carbonyl (C=O) groups is 6. The van der Waals surface area contributed by atoms with Gasteiger partial charge in [0.05, 0.1) is 12.5 Å². The molecule has 0 unspecified atom stereocenters. The van der Waals surface area contributed by atoms with E-state index in [0.29, 0.717) is 28.3 Å². The Labute approximate surface area is 289 Å². The molecule has 0 aromatic heterocycles. The van der Waals surface area contributed by atoms with Crippen LogP contribution in [0.3, 0.4) is 0 Å². The van der Waals surface area contributed by atoms with E-state index in [-0.39, 0.29) is 25.3 Å². The second kappa shape index (κ2) is 16.8. The predicted octanol–water partition coefficient (Wildman–Crippen LogP) is 2.18. The van der Waals surface area contributed by atoms with Crippen molar-refractivity contribution in [1.82, 2.24) is 31.5 Å². The van der Waals surface area contributed by atoms with Crippen molar-refractivity contribution in [2.24, 2.45) is 5.92 Å². The van der Waals surface area contributed by atoms with Gasteiger partial charge in [-0.3, -0.25) is 28.8 Å². The predicted molar refractivity (Wildman–Crippen MR) is 184 cm³/mol. The van der Waals surface area contributed by atoms with Crippen molar-refractivity contribution in [2.45, 2.75) is 76.3 Å². The van der Waals surface area contributed by atoms with Gasteiger partial charge in [-0.2, -0.15) is 11.8 Å². The second-order valence-corrected chi connectivity index (χ2v) is 13.9. The van der Waals surface area contributed by atoms with Crippen LogP contribution < -0.4 is 26.6 Å². The first kappa shape index (κ1) is 36.7. The molecule has 14 heteroatoms. The maximum atomic E-state index is 14.2. The fourth-order valence-electron chi connectivity index (χ4n) is 5.80. The quantitative estimate of drug-likeness (QED) is 0.296. The molecule has 2 saturated heterocycles. The van der Waals surface area contributed by atoms with Crippen LogP contribution in [-0.4, -0.2) is 89.1 Å². The van der Waals surface area contributed by atoms with Crippen molar-refractivity contribution in [3.8, 4) is 0 Å². The molecule has 2 heterocycles. The number of fused-ring (bicyclic) bond motifs is 1. The summed E-state index contributed by atoms with van der Waals surface area (Å²) in [6.45, 7) is 5.07. The molecule has 0 spiro atoms. The zero-order chi connectivity index (χ0) is 35.0. The van der Waals surface area contributed by atoms with Crippen molar-refractivity contribution in [3.05, 3.63) is 70.7 Å². The second-order valence-electron chi connectivity index (χ2n) is 12.5. The van der Waals surface area contributed by atoms with Gasteiger partial charge in [-0.15, -0.1) is 0 Å². The molecule has 0 radical (unpaired) electrons. The lowest BCUT2D eigenvalue weighted by atomic mass is 10.0. The Bertz CT molecular complexity index is 1490. The zero-order valence-electron chi connectivity index (χ0n) is 27.5. The minimum Gasteiger partial charge on any atom is -0.347 e. The first-order valence-electron chi connectivity index (χ1n) is 16.0. The summed E-state index contributed by atoms with van der Waals surface area (Å²) in [5, 5.41) is 14.6. The number of hydrogen-bond donors (Lipinski definition) is 5. The van der Waals surface area contributed by atoms with E-state index < -0.39 is 71.7 Å². The molecule has 6 amide bonds. The van der Waals surface area contributed by atoms with E-state index in [0.717, 1.165) is 0 Å². The monoisotopic (exact) mass is 698 g/mol. The summed E-state index contributed by atoms with van der Waals surface area (Å²) in [5.74, 6) is -2.82. The highest BCUT2D eigenvalue weighted by Crippen LogP contribution is 2.23. The SMILES string of the molecule is CSCC[C@@H]1NC(=O)C[C@@H](c2ccccc2)NC(=O)[C@H](C)NC(=O)[C@@H]2C[C@H](NC(=O)c3ccc(Cl)cc3)CN2C(=O)[C@H](C(C)C)NC1=O. The number of rotatable bonds is 7. The molecule has 2 aliphatic rings. The van der Waals surface area contributed by atoms with Crippen molar-refractivity contribution in [1.29, 1.82) is 0 Å². The van der Waals surface area contributed by atoms with Crippen LogP contribution in [0.2, 0.25) is 5.02 Å². The third-order valence-electron chi connectivity index (χ3n) is 8.48. The van der Waals surface area contributed by atoms with E-state index in [1.54, 1.807) is 62.4 Å². The first-order chi connectivity index (χ1) is 22.9. The van der Waals surface area contributed by atoms with Gasteiger partial charge >= 0.3 is 0 Å². The lowest BCUT2D eigenvalue weighted by Crippen LogP contribution is -2.59. The Kier molecular flexibility index (Phi) is 12.9. The van der Waals surface area contributed by atoms with Crippen LogP contribution in [0.25, 0.3) is 0 Å². The van der Waals surface area contributed by atoms with Crippen LogP contribution in [0.15, 0.2) is 54.6 Å². The molecule has 258 valence electrons. The Hall–Kier alpha value is -4.10. The van der Waals surface area contributed by atoms with Crippen molar-refractivity contribution in [3.63, 3.8) is 0 Å². The molecule has 0 bridgehead atoms. The summed E-state index contributed by atoms with van der Waals surface area (Å²) in [7, 11) is 0. The number of halogens is 1. The van der Waals surface area contributed by atoms with Gasteiger partial charge in [0, 0.05) is 23.2 Å². The van der Waals surface area contributed by atoms with Crippen LogP contribution in [0.5, 0.6) is 0 Å². The largest absolute Gasteiger partial charge is 0.347 e. The Morgan fingerprint density at radius 3 is 2.27 bits per heavy atom. The molecule has 2 aliphatic heterocycles. The summed E-state index contributed by atoms with van der Waals surface area (Å²) in [5.41, 5.74) is 1.04. The Balaban J connectivity index is 1.67. The molecule has 2 fully saturated rings. The maximum absolute atomic E-state index is 14.2. The number of nitrogens with zero attached hydrogens (tertiary/aromatic N) is 1. The summed E-state index contributed by atoms with van der Waals surface area (Å²) < 4.78 is 0. The van der Waals surface area contributed by atoms with Gasteiger partial charge in [0.25, 0.3) is 5.91 Å². The molecule has 0 aliphatic carbocycles. The van der Waals surface area contributed by atoms with E-state index in [1.165, 1.54) is 23.6 Å². The third kappa shape index (κ3) is 9.50. The average Bonchev–Trinajstić information content (AvgIpc) is 3.48. The van der Waals surface area contributed by atoms with Crippen molar-refractivity contribution in [2.75, 3.05) is 18.6 Å². The summed E-state index contributed by atoms with van der Waals surface area (Å²) in [6, 6.07) is 9.93. The fourth-order valence-corrected chi connectivity index (χ4v) is 6.40. The van der Waals surface area contributed by atoms with E-state index in [4.69, 9.17) is 11.6 Å². The van der Waals surface area contributed by atoms with Crippen LogP contribution in [-0.2, 0) is 24.0 Å². The lowest BCUT2D eigenvalue weighted by molar-refractivity contribution is -0.143. The smallest absolute Gasteiger partial charge is 0.251 e. The van der Waals surface area contributed by atoms with E-state index >= 15 is 0 Å². The normalized spacial score (nSPS) is 25.9. The molecule has 5 N–H and O–H groups in total. The molecule has 0 saturated carbocycles. The highest BCUT2D eigenvalue weighted by molar-refractivity contribution is 7.98. The van der Waals surface area contributed by atoms with E-state index in [1.807, 2.05) is 12.3 Å². The van der Waals surface area contributed by atoms with E-state index in [2.05, 4.69) is 26.6 Å². The summed E-state index contributed by atoms with van der Waals surface area (Å²) in [6.07, 6.45) is 2.13. The zero-order valence-corrected chi connectivity index (χ0v) is 29.0. The van der Waals surface area contributed by atoms with Crippen molar-refractivity contribution >= 4 is 58.8 Å². The van der Waals surface area contributed by atoms with Gasteiger partial charge < -0.3 is 31.5 Å². The topological polar surface area (TPSA) is 166 Å². The van der Waals surface area contributed by atoms with Gasteiger partial charge in [-0.1, -0.05) is 55.8 Å². The van der Waals surface area contributed by atoms with Crippen LogP contribution in [0, 0.1) is 5.92 Å². The van der Waals surface area contributed by atoms with Gasteiger partial charge in [-0.05, 0) is 67.5 Å². The highest BCUT2D eigenvalue weighted by Gasteiger charge is 2.44. The Morgan fingerprint density at radius 2 is 1.62 bits per heavy atom. The highest BCUT2D eigenvalue weighted by atomic mass is 35.5. The standard InChI is InChI=1S/C34H43ClN6O6S/c1-19(2)29-34(47)41-18-24(37-31(44)22-10-12-23(35)13-11-22)16-27(41)33(46)36-20(3)30(43)39-26(21-8-6-5-7-9-21)17-28(42)38-25(14-15-48-4)32(45)40-29/h5-13,19-20,24-27,29H,14-18H2,1-4H3,(H,36,46)(H,37,44)(H,38,42)(H,39,43)(H,40,45)/t20-,24-,25-,26-,27-,29-/m0/s1. The molecule has 4 rings (SSSR count). The van der Waals surface area contributed by atoms with Crippen LogP contribution in [0.1, 0.15) is 62.0 Å². The molecule has 6 atom stereocenters.